The third-order valence-corrected chi connectivity index (χ3v) is 6.38. The van der Waals surface area contributed by atoms with Gasteiger partial charge in [-0.1, -0.05) is 171 Å². The van der Waals surface area contributed by atoms with Crippen molar-refractivity contribution < 1.29 is 26.6 Å². The van der Waals surface area contributed by atoms with Crippen molar-refractivity contribution in [1.29, 1.82) is 0 Å². The lowest BCUT2D eigenvalue weighted by atomic mass is 10.1. The fourth-order valence-electron chi connectivity index (χ4n) is 3.28. The SMILES string of the molecule is CC.CC.CC.CC.CC.CC.CC(C)c1ccco1.CC(C)c1ccoc1.CC(C)c1ccon1.CC(C)c1cnco1.CC(C)c1cocn1.CC(C)c1ncco1. The van der Waals surface area contributed by atoms with Crippen LogP contribution in [-0.4, -0.2) is 20.1 Å². The van der Waals surface area contributed by atoms with Gasteiger partial charge in [-0.05, 0) is 41.5 Å². The lowest BCUT2D eigenvalue weighted by molar-refractivity contribution is 0.408. The van der Waals surface area contributed by atoms with E-state index in [4.69, 9.17) is 22.1 Å². The average Bonchev–Trinajstić information content (AvgIpc) is 4.14. The Bertz CT molecular complexity index is 1160. The summed E-state index contributed by atoms with van der Waals surface area (Å²) in [6, 6.07) is 7.77. The van der Waals surface area contributed by atoms with E-state index in [1.165, 1.54) is 18.4 Å². The molecular weight excluding hydrogens is 753 g/mol. The Morgan fingerprint density at radius 3 is 1.20 bits per heavy atom. The predicted molar refractivity (Wildman–Crippen MR) is 256 cm³/mol. The van der Waals surface area contributed by atoms with Crippen LogP contribution in [0.2, 0.25) is 0 Å². The normalized spacial score (nSPS) is 8.90. The van der Waals surface area contributed by atoms with Gasteiger partial charge in [0.25, 0.3) is 0 Å². The first-order chi connectivity index (χ1) is 28.8. The molecule has 0 saturated carbocycles. The van der Waals surface area contributed by atoms with Crippen molar-refractivity contribution in [2.45, 2.75) is 202 Å². The highest BCUT2D eigenvalue weighted by molar-refractivity contribution is 5.09. The Morgan fingerprint density at radius 1 is 0.433 bits per heavy atom. The summed E-state index contributed by atoms with van der Waals surface area (Å²) in [5, 5.41) is 3.74. The summed E-state index contributed by atoms with van der Waals surface area (Å²) in [5.41, 5.74) is 3.31. The zero-order valence-electron chi connectivity index (χ0n) is 42.8. The van der Waals surface area contributed by atoms with Gasteiger partial charge >= 0.3 is 0 Å². The first kappa shape index (κ1) is 67.2. The van der Waals surface area contributed by atoms with E-state index in [0.717, 1.165) is 28.8 Å². The van der Waals surface area contributed by atoms with Crippen LogP contribution in [0, 0.1) is 0 Å². The molecule has 0 N–H and O–H groups in total. The first-order valence-electron chi connectivity index (χ1n) is 22.4. The second-order valence-electron chi connectivity index (χ2n) is 12.6. The van der Waals surface area contributed by atoms with E-state index in [2.05, 4.69) is 93.9 Å². The zero-order chi connectivity index (χ0) is 47.9. The summed E-state index contributed by atoms with van der Waals surface area (Å²) < 4.78 is 29.3. The second-order valence-corrected chi connectivity index (χ2v) is 12.6. The summed E-state index contributed by atoms with van der Waals surface area (Å²) in [6.07, 6.45) is 16.4. The molecule has 6 heterocycles. The van der Waals surface area contributed by atoms with Crippen molar-refractivity contribution in [1.82, 2.24) is 20.1 Å². The highest BCUT2D eigenvalue weighted by atomic mass is 16.5. The maximum atomic E-state index is 5.09. The van der Waals surface area contributed by atoms with Gasteiger partial charge in [-0.2, -0.15) is 0 Å². The molecule has 10 nitrogen and oxygen atoms in total. The summed E-state index contributed by atoms with van der Waals surface area (Å²) in [4.78, 5) is 11.7. The summed E-state index contributed by atoms with van der Waals surface area (Å²) in [5.74, 6) is 5.75. The van der Waals surface area contributed by atoms with Gasteiger partial charge in [0, 0.05) is 23.8 Å². The molecule has 0 radical (unpaired) electrons. The van der Waals surface area contributed by atoms with Crippen LogP contribution in [0.25, 0.3) is 0 Å². The molecule has 0 aliphatic rings. The minimum absolute atomic E-state index is 0.407. The molecule has 0 fully saturated rings. The van der Waals surface area contributed by atoms with Crippen molar-refractivity contribution in [3.8, 4) is 0 Å². The average molecular weight is 845 g/mol. The van der Waals surface area contributed by atoms with Gasteiger partial charge in [-0.25, -0.2) is 15.0 Å². The van der Waals surface area contributed by atoms with E-state index >= 15 is 0 Å². The van der Waals surface area contributed by atoms with Crippen LogP contribution in [0.15, 0.2) is 114 Å². The molecule has 60 heavy (non-hydrogen) atoms. The Kier molecular flexibility index (Phi) is 56.6. The number of furan rings is 2. The highest BCUT2D eigenvalue weighted by Gasteiger charge is 2.02. The molecule has 0 spiro atoms. The molecular formula is C50H92N4O6. The van der Waals surface area contributed by atoms with Crippen LogP contribution in [0.1, 0.15) is 236 Å². The number of aromatic nitrogens is 4. The van der Waals surface area contributed by atoms with Crippen LogP contribution in [0.3, 0.4) is 0 Å². The molecule has 6 aromatic rings. The van der Waals surface area contributed by atoms with Crippen LogP contribution < -0.4 is 0 Å². The molecule has 0 atom stereocenters. The minimum Gasteiger partial charge on any atom is -0.472 e. The lowest BCUT2D eigenvalue weighted by Gasteiger charge is -1.94. The molecule has 0 saturated heterocycles. The molecule has 0 unspecified atom stereocenters. The van der Waals surface area contributed by atoms with Crippen molar-refractivity contribution in [2.24, 2.45) is 0 Å². The fourth-order valence-corrected chi connectivity index (χ4v) is 3.28. The second kappa shape index (κ2) is 50.5. The van der Waals surface area contributed by atoms with Crippen LogP contribution in [0.4, 0.5) is 0 Å². The van der Waals surface area contributed by atoms with Gasteiger partial charge in [0.05, 0.1) is 42.6 Å². The van der Waals surface area contributed by atoms with Crippen molar-refractivity contribution >= 4 is 0 Å². The maximum absolute atomic E-state index is 5.09. The Morgan fingerprint density at radius 2 is 1.00 bits per heavy atom. The van der Waals surface area contributed by atoms with Gasteiger partial charge in [0.15, 0.2) is 18.7 Å². The van der Waals surface area contributed by atoms with E-state index < -0.39 is 0 Å². The number of nitrogens with zero attached hydrogens (tertiary/aromatic N) is 4. The van der Waals surface area contributed by atoms with Crippen molar-refractivity contribution in [3.63, 3.8) is 0 Å². The summed E-state index contributed by atoms with van der Waals surface area (Å²) in [7, 11) is 0. The smallest absolute Gasteiger partial charge is 0.196 e. The Balaban J connectivity index is -0.000000139. The molecule has 0 aliphatic heterocycles. The number of hydrogen-bond acceptors (Lipinski definition) is 10. The molecule has 0 aromatic carbocycles. The Hall–Kier alpha value is -4.60. The van der Waals surface area contributed by atoms with E-state index in [-0.39, 0.29) is 0 Å². The van der Waals surface area contributed by atoms with Crippen molar-refractivity contribution in [3.05, 3.63) is 121 Å². The molecule has 0 bridgehead atoms. The standard InChI is InChI=1S/2C7H10O.4C6H9NO.6C2H6/c1-6(2)7-3-4-8-5-7;1-6(2)7-4-3-5-8-7;1-5(2)6-3-8-4-7-6;1-5(2)6-3-7-4-8-6;1-5(2)6-7-3-4-8-6;1-5(2)6-3-4-8-7-6;6*1-2/h2*3-6H,1-2H3;4*3-5H,1-2H3;6*1-2H3. The zero-order valence-corrected chi connectivity index (χ0v) is 42.8. The van der Waals surface area contributed by atoms with Gasteiger partial charge < -0.3 is 26.6 Å². The van der Waals surface area contributed by atoms with Gasteiger partial charge in [0.2, 0.25) is 0 Å². The summed E-state index contributed by atoms with van der Waals surface area (Å²) >= 11 is 0. The topological polar surface area (TPSA) is 130 Å². The fraction of sp³-hybridized carbons (Fsp3) is 0.600. The first-order valence-corrected chi connectivity index (χ1v) is 22.4. The van der Waals surface area contributed by atoms with Crippen molar-refractivity contribution in [2.75, 3.05) is 0 Å². The molecule has 6 aromatic heterocycles. The van der Waals surface area contributed by atoms with Crippen LogP contribution in [-0.2, 0) is 0 Å². The van der Waals surface area contributed by atoms with Gasteiger partial charge in [-0.3, -0.25) is 0 Å². The highest BCUT2D eigenvalue weighted by Crippen LogP contribution is 2.14. The summed E-state index contributed by atoms with van der Waals surface area (Å²) in [6.45, 7) is 49.1. The number of oxazole rings is 3. The van der Waals surface area contributed by atoms with Crippen LogP contribution >= 0.6 is 0 Å². The number of rotatable bonds is 6. The lowest BCUT2D eigenvalue weighted by Crippen LogP contribution is -1.83. The molecule has 10 heteroatoms. The number of hydrogen-bond donors (Lipinski definition) is 0. The monoisotopic (exact) mass is 845 g/mol. The van der Waals surface area contributed by atoms with E-state index in [1.54, 1.807) is 50.0 Å². The van der Waals surface area contributed by atoms with E-state index in [9.17, 15) is 0 Å². The molecule has 6 rings (SSSR count). The Labute approximate surface area is 368 Å². The third-order valence-electron chi connectivity index (χ3n) is 6.38. The molecule has 348 valence electrons. The van der Waals surface area contributed by atoms with Gasteiger partial charge in [0.1, 0.15) is 30.3 Å². The predicted octanol–water partition coefficient (Wildman–Crippen LogP) is 18.2. The molecule has 0 aliphatic carbocycles. The maximum Gasteiger partial charge on any atom is 0.196 e. The van der Waals surface area contributed by atoms with E-state index in [1.807, 2.05) is 121 Å². The third kappa shape index (κ3) is 38.9. The quantitative estimate of drug-likeness (QED) is 0.160. The van der Waals surface area contributed by atoms with Crippen LogP contribution in [0.5, 0.6) is 0 Å². The van der Waals surface area contributed by atoms with Gasteiger partial charge in [-0.15, -0.1) is 0 Å². The largest absolute Gasteiger partial charge is 0.472 e. The molecule has 0 amide bonds. The van der Waals surface area contributed by atoms with E-state index in [0.29, 0.717) is 35.5 Å². The minimum atomic E-state index is 0.407.